The Morgan fingerprint density at radius 3 is 2.83 bits per heavy atom. The average molecular weight is 335 g/mol. The fraction of sp³-hybridized carbons (Fsp3) is 0.500. The summed E-state index contributed by atoms with van der Waals surface area (Å²) < 4.78 is 27.2. The van der Waals surface area contributed by atoms with Crippen molar-refractivity contribution in [2.45, 2.75) is 50.1 Å². The topological polar surface area (TPSA) is 90.3 Å². The molecular weight excluding hydrogens is 314 g/mol. The molecule has 7 heteroatoms. The molecule has 0 radical (unpaired) electrons. The van der Waals surface area contributed by atoms with Gasteiger partial charge in [-0.2, -0.15) is 9.98 Å². The summed E-state index contributed by atoms with van der Waals surface area (Å²) >= 11 is 0. The number of carbonyl (C=O) groups excluding carboxylic acids is 1. The fourth-order valence-electron chi connectivity index (χ4n) is 2.76. The predicted octanol–water partition coefficient (Wildman–Crippen LogP) is 1.63. The van der Waals surface area contributed by atoms with Gasteiger partial charge < -0.3 is 4.90 Å². The number of nitrogens with one attached hydrogen (secondary N) is 1. The summed E-state index contributed by atoms with van der Waals surface area (Å²) in [4.78, 5) is 14.2. The molecule has 6 nitrogen and oxygen atoms in total. The first-order valence-electron chi connectivity index (χ1n) is 7.68. The number of sulfonamides is 1. The molecule has 1 heterocycles. The van der Waals surface area contributed by atoms with Crippen molar-refractivity contribution in [1.29, 1.82) is 5.26 Å². The van der Waals surface area contributed by atoms with Gasteiger partial charge in [0, 0.05) is 12.6 Å². The maximum Gasteiger partial charge on any atom is 0.241 e. The maximum absolute atomic E-state index is 12.5. The Morgan fingerprint density at radius 2 is 2.17 bits per heavy atom. The van der Waals surface area contributed by atoms with E-state index in [9.17, 15) is 13.2 Å². The zero-order chi connectivity index (χ0) is 17.0. The standard InChI is InChI=1S/C16H21N3O3S/c1-12-6-3-4-9-19(12)16(20)13(2)18-23(21,22)15-8-5-7-14(10-15)11-17/h5,7-8,10,12-13,18H,3-4,6,9H2,1-2H3/t12-,13-/m0/s1. The van der Waals surface area contributed by atoms with Crippen LogP contribution in [0.3, 0.4) is 0 Å². The van der Waals surface area contributed by atoms with Crippen LogP contribution in [0.2, 0.25) is 0 Å². The van der Waals surface area contributed by atoms with Crippen LogP contribution in [0.25, 0.3) is 0 Å². The Balaban J connectivity index is 2.13. The van der Waals surface area contributed by atoms with Gasteiger partial charge in [-0.1, -0.05) is 6.07 Å². The lowest BCUT2D eigenvalue weighted by Crippen LogP contribution is -2.51. The second kappa shape index (κ2) is 7.11. The number of nitrogens with zero attached hydrogens (tertiary/aromatic N) is 2. The van der Waals surface area contributed by atoms with Gasteiger partial charge in [-0.3, -0.25) is 4.79 Å². The first kappa shape index (κ1) is 17.4. The van der Waals surface area contributed by atoms with Gasteiger partial charge in [0.15, 0.2) is 0 Å². The van der Waals surface area contributed by atoms with Gasteiger partial charge >= 0.3 is 0 Å². The van der Waals surface area contributed by atoms with E-state index in [0.29, 0.717) is 6.54 Å². The number of carbonyl (C=O) groups is 1. The highest BCUT2D eigenvalue weighted by Gasteiger charge is 2.29. The largest absolute Gasteiger partial charge is 0.339 e. The van der Waals surface area contributed by atoms with Gasteiger partial charge in [0.2, 0.25) is 15.9 Å². The number of hydrogen-bond acceptors (Lipinski definition) is 4. The van der Waals surface area contributed by atoms with Crippen LogP contribution in [0.5, 0.6) is 0 Å². The van der Waals surface area contributed by atoms with Crippen LogP contribution >= 0.6 is 0 Å². The van der Waals surface area contributed by atoms with E-state index in [-0.39, 0.29) is 22.4 Å². The van der Waals surface area contributed by atoms with E-state index in [1.165, 1.54) is 24.3 Å². The van der Waals surface area contributed by atoms with Crippen molar-refractivity contribution in [3.8, 4) is 6.07 Å². The van der Waals surface area contributed by atoms with Gasteiger partial charge in [-0.15, -0.1) is 0 Å². The first-order valence-corrected chi connectivity index (χ1v) is 9.16. The highest BCUT2D eigenvalue weighted by molar-refractivity contribution is 7.89. The van der Waals surface area contributed by atoms with E-state index < -0.39 is 16.1 Å². The van der Waals surface area contributed by atoms with Crippen molar-refractivity contribution >= 4 is 15.9 Å². The zero-order valence-electron chi connectivity index (χ0n) is 13.3. The predicted molar refractivity (Wildman–Crippen MR) is 86.0 cm³/mol. The van der Waals surface area contributed by atoms with E-state index >= 15 is 0 Å². The van der Waals surface area contributed by atoms with E-state index in [1.54, 1.807) is 11.8 Å². The van der Waals surface area contributed by atoms with Crippen molar-refractivity contribution in [3.63, 3.8) is 0 Å². The van der Waals surface area contributed by atoms with E-state index in [2.05, 4.69) is 4.72 Å². The van der Waals surface area contributed by atoms with Crippen molar-refractivity contribution < 1.29 is 13.2 Å². The van der Waals surface area contributed by atoms with Crippen LogP contribution in [0.4, 0.5) is 0 Å². The lowest BCUT2D eigenvalue weighted by Gasteiger charge is -2.35. The summed E-state index contributed by atoms with van der Waals surface area (Å²) in [5.41, 5.74) is 0.261. The monoisotopic (exact) mass is 335 g/mol. The van der Waals surface area contributed by atoms with Crippen molar-refractivity contribution in [2.24, 2.45) is 0 Å². The van der Waals surface area contributed by atoms with Crippen LogP contribution in [-0.2, 0) is 14.8 Å². The summed E-state index contributed by atoms with van der Waals surface area (Å²) in [5, 5.41) is 8.87. The molecule has 0 bridgehead atoms. The normalized spacial score (nSPS) is 19.9. The van der Waals surface area contributed by atoms with E-state index in [1.807, 2.05) is 13.0 Å². The van der Waals surface area contributed by atoms with Gasteiger partial charge in [-0.05, 0) is 51.3 Å². The summed E-state index contributed by atoms with van der Waals surface area (Å²) in [7, 11) is -3.84. The summed E-state index contributed by atoms with van der Waals surface area (Å²) in [5.74, 6) is -0.211. The lowest BCUT2D eigenvalue weighted by atomic mass is 10.0. The molecule has 1 fully saturated rings. The van der Waals surface area contributed by atoms with E-state index in [4.69, 9.17) is 5.26 Å². The minimum Gasteiger partial charge on any atom is -0.339 e. The molecular formula is C16H21N3O3S. The van der Waals surface area contributed by atoms with Gasteiger partial charge in [0.1, 0.15) is 0 Å². The van der Waals surface area contributed by atoms with E-state index in [0.717, 1.165) is 19.3 Å². The molecule has 1 amide bonds. The molecule has 1 aliphatic rings. The maximum atomic E-state index is 12.5. The fourth-order valence-corrected chi connectivity index (χ4v) is 4.00. The number of nitriles is 1. The summed E-state index contributed by atoms with van der Waals surface area (Å²) in [6.07, 6.45) is 2.97. The molecule has 2 atom stereocenters. The number of hydrogen-bond donors (Lipinski definition) is 1. The molecule has 1 aliphatic heterocycles. The zero-order valence-corrected chi connectivity index (χ0v) is 14.1. The molecule has 0 unspecified atom stereocenters. The number of amides is 1. The molecule has 1 N–H and O–H groups in total. The molecule has 124 valence electrons. The van der Waals surface area contributed by atoms with Crippen molar-refractivity contribution in [3.05, 3.63) is 29.8 Å². The highest BCUT2D eigenvalue weighted by atomic mass is 32.2. The molecule has 23 heavy (non-hydrogen) atoms. The Kier molecular flexibility index (Phi) is 5.39. The minimum atomic E-state index is -3.84. The molecule has 0 aromatic heterocycles. The molecule has 0 saturated carbocycles. The third-order valence-corrected chi connectivity index (χ3v) is 5.60. The second-order valence-electron chi connectivity index (χ2n) is 5.86. The number of likely N-dealkylation sites (tertiary alicyclic amines) is 1. The average Bonchev–Trinajstić information content (AvgIpc) is 2.54. The molecule has 0 spiro atoms. The van der Waals surface area contributed by atoms with Gasteiger partial charge in [0.05, 0.1) is 22.6 Å². The second-order valence-corrected chi connectivity index (χ2v) is 7.57. The molecule has 0 aliphatic carbocycles. The number of piperidine rings is 1. The van der Waals surface area contributed by atoms with Gasteiger partial charge in [-0.25, -0.2) is 8.42 Å². The number of rotatable bonds is 4. The van der Waals surface area contributed by atoms with Crippen LogP contribution in [0.15, 0.2) is 29.2 Å². The first-order chi connectivity index (χ1) is 10.8. The van der Waals surface area contributed by atoms with Crippen LogP contribution in [0, 0.1) is 11.3 Å². The Morgan fingerprint density at radius 1 is 1.43 bits per heavy atom. The summed E-state index contributed by atoms with van der Waals surface area (Å²) in [6.45, 7) is 4.19. The molecule has 2 rings (SSSR count). The molecule has 1 saturated heterocycles. The van der Waals surface area contributed by atoms with Gasteiger partial charge in [0.25, 0.3) is 0 Å². The SMILES string of the molecule is C[C@H](NS(=O)(=O)c1cccc(C#N)c1)C(=O)N1CCCC[C@@H]1C. The third-order valence-electron chi connectivity index (χ3n) is 4.06. The third kappa shape index (κ3) is 4.09. The van der Waals surface area contributed by atoms with Crippen molar-refractivity contribution in [2.75, 3.05) is 6.54 Å². The Labute approximate surface area is 137 Å². The quantitative estimate of drug-likeness (QED) is 0.905. The van der Waals surface area contributed by atoms with Crippen LogP contribution < -0.4 is 4.72 Å². The van der Waals surface area contributed by atoms with Crippen molar-refractivity contribution in [1.82, 2.24) is 9.62 Å². The highest BCUT2D eigenvalue weighted by Crippen LogP contribution is 2.18. The summed E-state index contributed by atoms with van der Waals surface area (Å²) in [6, 6.07) is 6.93. The Hall–Kier alpha value is -1.91. The molecule has 1 aromatic carbocycles. The lowest BCUT2D eigenvalue weighted by molar-refractivity contribution is -0.135. The Bertz CT molecular complexity index is 724. The smallest absolute Gasteiger partial charge is 0.241 e. The molecule has 1 aromatic rings. The van der Waals surface area contributed by atoms with Crippen LogP contribution in [0.1, 0.15) is 38.7 Å². The minimum absolute atomic E-state index is 0.0112. The number of benzene rings is 1. The van der Waals surface area contributed by atoms with Crippen LogP contribution in [-0.4, -0.2) is 37.9 Å².